The Kier molecular flexibility index (Phi) is 5.82. The highest BCUT2D eigenvalue weighted by Crippen LogP contribution is 2.33. The summed E-state index contributed by atoms with van der Waals surface area (Å²) in [7, 11) is 1.83. The molecule has 0 atom stereocenters. The van der Waals surface area contributed by atoms with Crippen molar-refractivity contribution in [2.75, 3.05) is 37.7 Å². The largest absolute Gasteiger partial charge is 0.462 e. The molecule has 9 heteroatoms. The van der Waals surface area contributed by atoms with Crippen LogP contribution >= 0.6 is 11.6 Å². The molecule has 8 nitrogen and oxygen atoms in total. The van der Waals surface area contributed by atoms with Crippen LogP contribution in [0.5, 0.6) is 0 Å². The number of halogens is 1. The van der Waals surface area contributed by atoms with E-state index < -0.39 is 5.97 Å². The zero-order valence-corrected chi connectivity index (χ0v) is 18.5. The molecule has 0 bridgehead atoms. The second-order valence-electron chi connectivity index (χ2n) is 7.44. The summed E-state index contributed by atoms with van der Waals surface area (Å²) in [5.74, 6) is -0.460. The van der Waals surface area contributed by atoms with Crippen LogP contribution in [0, 0.1) is 6.92 Å². The lowest BCUT2D eigenvalue weighted by Crippen LogP contribution is -2.49. The van der Waals surface area contributed by atoms with E-state index in [4.69, 9.17) is 16.3 Å². The summed E-state index contributed by atoms with van der Waals surface area (Å²) in [4.78, 5) is 33.9. The third-order valence-electron chi connectivity index (χ3n) is 5.45. The van der Waals surface area contributed by atoms with Gasteiger partial charge in [-0.25, -0.2) is 9.78 Å². The Balaban J connectivity index is 1.64. The molecule has 31 heavy (non-hydrogen) atoms. The molecule has 0 aliphatic carbocycles. The molecule has 1 aromatic carbocycles. The fourth-order valence-electron chi connectivity index (χ4n) is 4.02. The van der Waals surface area contributed by atoms with E-state index in [1.165, 1.54) is 0 Å². The summed E-state index contributed by atoms with van der Waals surface area (Å²) in [6.45, 7) is 6.16. The fraction of sp³-hybridized carbons (Fsp3) is 0.364. The summed E-state index contributed by atoms with van der Waals surface area (Å²) in [6.07, 6.45) is 1.56. The summed E-state index contributed by atoms with van der Waals surface area (Å²) in [5.41, 5.74) is 3.26. The molecule has 0 saturated carbocycles. The number of fused-ring (bicyclic) bond motifs is 1. The zero-order valence-electron chi connectivity index (χ0n) is 17.8. The molecule has 162 valence electrons. The van der Waals surface area contributed by atoms with Gasteiger partial charge in [-0.2, -0.15) is 5.10 Å². The Morgan fingerprint density at radius 2 is 1.94 bits per heavy atom. The van der Waals surface area contributed by atoms with Gasteiger partial charge < -0.3 is 14.5 Å². The summed E-state index contributed by atoms with van der Waals surface area (Å²) in [6, 6.07) is 6.97. The summed E-state index contributed by atoms with van der Waals surface area (Å²) >= 11 is 6.04. The van der Waals surface area contributed by atoms with Gasteiger partial charge in [-0.15, -0.1) is 0 Å². The lowest BCUT2D eigenvalue weighted by Gasteiger charge is -2.37. The quantitative estimate of drug-likeness (QED) is 0.579. The number of ether oxygens (including phenoxy) is 1. The number of aryl methyl sites for hydroxylation is 2. The molecule has 0 unspecified atom stereocenters. The topological polar surface area (TPSA) is 80.6 Å². The number of anilines is 1. The Bertz CT molecular complexity index is 1150. The zero-order chi connectivity index (χ0) is 22.1. The standard InChI is InChI=1S/C22H24ClN5O3/c1-4-31-22(30)17-13-24-20-18(14(2)25-26(20)3)19(17)27-8-10-28(11-9-27)21(29)15-6-5-7-16(23)12-15/h5-7,12-13H,4,8-11H2,1-3H3. The Morgan fingerprint density at radius 3 is 2.61 bits per heavy atom. The molecule has 1 aliphatic heterocycles. The molecule has 2 aromatic heterocycles. The van der Waals surface area contributed by atoms with Gasteiger partial charge >= 0.3 is 5.97 Å². The van der Waals surface area contributed by atoms with E-state index in [0.29, 0.717) is 48.0 Å². The highest BCUT2D eigenvalue weighted by Gasteiger charge is 2.29. The molecular weight excluding hydrogens is 418 g/mol. The number of piperazine rings is 1. The first-order valence-electron chi connectivity index (χ1n) is 10.2. The minimum absolute atomic E-state index is 0.0507. The first kappa shape index (κ1) is 21.1. The van der Waals surface area contributed by atoms with Crippen LogP contribution in [-0.4, -0.2) is 64.3 Å². The maximum Gasteiger partial charge on any atom is 0.341 e. The monoisotopic (exact) mass is 441 g/mol. The van der Waals surface area contributed by atoms with Gasteiger partial charge in [0, 0.05) is 50.0 Å². The molecule has 1 amide bonds. The Morgan fingerprint density at radius 1 is 1.19 bits per heavy atom. The number of carbonyl (C=O) groups is 2. The number of aromatic nitrogens is 3. The van der Waals surface area contributed by atoms with Gasteiger partial charge in [-0.3, -0.25) is 9.48 Å². The van der Waals surface area contributed by atoms with E-state index in [1.54, 1.807) is 47.0 Å². The molecule has 4 rings (SSSR count). The van der Waals surface area contributed by atoms with Crippen molar-refractivity contribution in [3.63, 3.8) is 0 Å². The lowest BCUT2D eigenvalue weighted by atomic mass is 10.1. The van der Waals surface area contributed by atoms with Gasteiger partial charge in [0.2, 0.25) is 0 Å². The van der Waals surface area contributed by atoms with Crippen molar-refractivity contribution in [3.8, 4) is 0 Å². The molecule has 0 N–H and O–H groups in total. The number of carbonyl (C=O) groups excluding carboxylic acids is 2. The van der Waals surface area contributed by atoms with Gasteiger partial charge in [0.05, 0.1) is 23.4 Å². The van der Waals surface area contributed by atoms with E-state index >= 15 is 0 Å². The predicted molar refractivity (Wildman–Crippen MR) is 119 cm³/mol. The molecule has 3 aromatic rings. The van der Waals surface area contributed by atoms with Crippen molar-refractivity contribution in [1.82, 2.24) is 19.7 Å². The molecule has 1 aliphatic rings. The van der Waals surface area contributed by atoms with E-state index in [0.717, 1.165) is 16.8 Å². The van der Waals surface area contributed by atoms with E-state index in [9.17, 15) is 9.59 Å². The number of nitrogens with zero attached hydrogens (tertiary/aromatic N) is 5. The van der Waals surface area contributed by atoms with Gasteiger partial charge in [0.15, 0.2) is 5.65 Å². The van der Waals surface area contributed by atoms with Crippen LogP contribution in [0.2, 0.25) is 5.02 Å². The number of hydrogen-bond acceptors (Lipinski definition) is 6. The maximum atomic E-state index is 12.9. The normalized spacial score (nSPS) is 14.2. The van der Waals surface area contributed by atoms with Crippen LogP contribution in [0.3, 0.4) is 0 Å². The van der Waals surface area contributed by atoms with Crippen molar-refractivity contribution in [1.29, 1.82) is 0 Å². The predicted octanol–water partition coefficient (Wildman–Crippen LogP) is 3.07. The van der Waals surface area contributed by atoms with Gasteiger partial charge in [0.25, 0.3) is 5.91 Å². The average Bonchev–Trinajstić information content (AvgIpc) is 3.06. The minimum Gasteiger partial charge on any atom is -0.462 e. The second kappa shape index (κ2) is 8.55. The van der Waals surface area contributed by atoms with Crippen molar-refractivity contribution >= 4 is 40.2 Å². The molecule has 0 radical (unpaired) electrons. The molecule has 1 saturated heterocycles. The highest BCUT2D eigenvalue weighted by molar-refractivity contribution is 6.31. The number of esters is 1. The molecule has 1 fully saturated rings. The number of benzene rings is 1. The highest BCUT2D eigenvalue weighted by atomic mass is 35.5. The average molecular weight is 442 g/mol. The minimum atomic E-state index is -0.410. The molecule has 0 spiro atoms. The van der Waals surface area contributed by atoms with E-state index in [2.05, 4.69) is 15.0 Å². The van der Waals surface area contributed by atoms with Crippen LogP contribution in [-0.2, 0) is 11.8 Å². The smallest absolute Gasteiger partial charge is 0.341 e. The number of hydrogen-bond donors (Lipinski definition) is 0. The Labute approximate surface area is 185 Å². The number of rotatable bonds is 4. The van der Waals surface area contributed by atoms with Crippen LogP contribution in [0.25, 0.3) is 11.0 Å². The van der Waals surface area contributed by atoms with Crippen LogP contribution in [0.4, 0.5) is 5.69 Å². The van der Waals surface area contributed by atoms with Crippen LogP contribution in [0.1, 0.15) is 33.3 Å². The third-order valence-corrected chi connectivity index (χ3v) is 5.68. The number of amides is 1. The van der Waals surface area contributed by atoms with Crippen LogP contribution in [0.15, 0.2) is 30.5 Å². The molecule has 3 heterocycles. The molecular formula is C22H24ClN5O3. The Hall–Kier alpha value is -3.13. The second-order valence-corrected chi connectivity index (χ2v) is 7.87. The van der Waals surface area contributed by atoms with Crippen molar-refractivity contribution in [2.24, 2.45) is 7.05 Å². The summed E-state index contributed by atoms with van der Waals surface area (Å²) in [5, 5.41) is 5.85. The van der Waals surface area contributed by atoms with Gasteiger partial charge in [-0.1, -0.05) is 17.7 Å². The third kappa shape index (κ3) is 3.95. The van der Waals surface area contributed by atoms with E-state index in [1.807, 2.05) is 14.0 Å². The van der Waals surface area contributed by atoms with Gasteiger partial charge in [-0.05, 0) is 32.0 Å². The fourth-order valence-corrected chi connectivity index (χ4v) is 4.21. The van der Waals surface area contributed by atoms with Gasteiger partial charge in [0.1, 0.15) is 5.56 Å². The van der Waals surface area contributed by atoms with Crippen LogP contribution < -0.4 is 4.90 Å². The first-order chi connectivity index (χ1) is 14.9. The number of pyridine rings is 1. The van der Waals surface area contributed by atoms with Crippen molar-refractivity contribution in [3.05, 3.63) is 52.3 Å². The summed E-state index contributed by atoms with van der Waals surface area (Å²) < 4.78 is 6.98. The lowest BCUT2D eigenvalue weighted by molar-refractivity contribution is 0.0525. The van der Waals surface area contributed by atoms with Crippen molar-refractivity contribution in [2.45, 2.75) is 13.8 Å². The van der Waals surface area contributed by atoms with E-state index in [-0.39, 0.29) is 12.5 Å². The SMILES string of the molecule is CCOC(=O)c1cnc2c(c(C)nn2C)c1N1CCN(C(=O)c2cccc(Cl)c2)CC1. The maximum absolute atomic E-state index is 12.9. The van der Waals surface area contributed by atoms with Crippen molar-refractivity contribution < 1.29 is 14.3 Å². The first-order valence-corrected chi connectivity index (χ1v) is 10.6.